The Kier molecular flexibility index (Phi) is 8.68. The van der Waals surface area contributed by atoms with E-state index < -0.39 is 0 Å². The molecule has 56 heavy (non-hydrogen) atoms. The summed E-state index contributed by atoms with van der Waals surface area (Å²) in [7, 11) is 0. The second-order valence-corrected chi connectivity index (χ2v) is 20.0. The Bertz CT molecular complexity index is 2740. The molecule has 8 rings (SSSR count). The molecule has 0 aliphatic heterocycles. The van der Waals surface area contributed by atoms with Crippen molar-refractivity contribution in [1.82, 2.24) is 0 Å². The van der Waals surface area contributed by atoms with Gasteiger partial charge in [0.15, 0.2) is 0 Å². The molecule has 0 N–H and O–H groups in total. The van der Waals surface area contributed by atoms with E-state index in [0.717, 1.165) is 22.3 Å². The van der Waals surface area contributed by atoms with Crippen LogP contribution in [0.15, 0.2) is 109 Å². The van der Waals surface area contributed by atoms with Crippen LogP contribution in [-0.2, 0) is 21.7 Å². The highest BCUT2D eigenvalue weighted by atomic mass is 14.3. The molecular weight excluding hydrogens is 673 g/mol. The maximum atomic E-state index is 3.87. The molecule has 0 spiro atoms. The van der Waals surface area contributed by atoms with Crippen LogP contribution < -0.4 is 0 Å². The fourth-order valence-electron chi connectivity index (χ4n) is 8.18. The minimum Gasteiger partial charge on any atom is -0.0622 e. The average molecular weight is 727 g/mol. The first-order valence-electron chi connectivity index (χ1n) is 20.2. The molecule has 0 heteroatoms. The van der Waals surface area contributed by atoms with Gasteiger partial charge in [0.1, 0.15) is 0 Å². The molecule has 0 aromatic heterocycles. The molecule has 278 valence electrons. The summed E-state index contributed by atoms with van der Waals surface area (Å²) in [5.74, 6) is 15.0. The van der Waals surface area contributed by atoms with Crippen molar-refractivity contribution in [3.8, 4) is 23.7 Å². The lowest BCUT2D eigenvalue weighted by atomic mass is 9.75. The third-order valence-electron chi connectivity index (χ3n) is 11.6. The van der Waals surface area contributed by atoms with Crippen molar-refractivity contribution in [3.05, 3.63) is 154 Å². The molecular formula is C56H54. The summed E-state index contributed by atoms with van der Waals surface area (Å²) in [6, 6.07) is 40.5. The van der Waals surface area contributed by atoms with Gasteiger partial charge >= 0.3 is 0 Å². The van der Waals surface area contributed by atoms with E-state index in [4.69, 9.17) is 0 Å². The first-order chi connectivity index (χ1) is 26.3. The quantitative estimate of drug-likeness (QED) is 0.0829. The fraction of sp³-hybridized carbons (Fsp3) is 0.286. The Morgan fingerprint density at radius 1 is 0.304 bits per heavy atom. The molecule has 0 nitrogen and oxygen atoms in total. The van der Waals surface area contributed by atoms with Crippen LogP contribution in [0.1, 0.15) is 128 Å². The van der Waals surface area contributed by atoms with Crippen LogP contribution in [0.3, 0.4) is 0 Å². The molecule has 8 aromatic rings. The van der Waals surface area contributed by atoms with E-state index in [1.54, 1.807) is 0 Å². The Hall–Kier alpha value is -5.56. The van der Waals surface area contributed by atoms with Crippen molar-refractivity contribution < 1.29 is 0 Å². The van der Waals surface area contributed by atoms with E-state index >= 15 is 0 Å². The standard InChI is InChI=1S/C56H54/c1-53(2,3)39-27-37-29-41(55(7,8)9)33-47-49(37)45(31-39)43(25-23-35-19-15-13-16-20-35)51-48-34-42(56(10,11)12)30-38-28-40(54(4,5)6)32-46(50(38)48)44(52(47)51)26-24-36-21-17-14-18-22-36/h13-22,27-34H,1-12H3. The number of hydrogen-bond acceptors (Lipinski definition) is 0. The average Bonchev–Trinajstić information content (AvgIpc) is 3.13. The molecule has 0 heterocycles. The second-order valence-electron chi connectivity index (χ2n) is 20.0. The lowest BCUT2D eigenvalue weighted by molar-refractivity contribution is 0.589. The summed E-state index contributed by atoms with van der Waals surface area (Å²) in [5.41, 5.74) is 9.18. The highest BCUT2D eigenvalue weighted by Gasteiger charge is 2.28. The predicted molar refractivity (Wildman–Crippen MR) is 245 cm³/mol. The molecule has 0 fully saturated rings. The van der Waals surface area contributed by atoms with Crippen LogP contribution in [0, 0.1) is 23.7 Å². The van der Waals surface area contributed by atoms with E-state index in [2.05, 4.69) is 216 Å². The second kappa shape index (κ2) is 13.0. The van der Waals surface area contributed by atoms with Gasteiger partial charge in [-0.15, -0.1) is 0 Å². The van der Waals surface area contributed by atoms with E-state index in [0.29, 0.717) is 0 Å². The summed E-state index contributed by atoms with van der Waals surface area (Å²) in [6.07, 6.45) is 0. The molecule has 0 saturated heterocycles. The van der Waals surface area contributed by atoms with Crippen LogP contribution in [0.4, 0.5) is 0 Å². The minimum atomic E-state index is -0.0678. The molecule has 0 saturated carbocycles. The highest BCUT2D eigenvalue weighted by molar-refractivity contribution is 6.35. The van der Waals surface area contributed by atoms with Gasteiger partial charge in [0, 0.05) is 33.0 Å². The molecule has 0 aliphatic rings. The van der Waals surface area contributed by atoms with Gasteiger partial charge < -0.3 is 0 Å². The zero-order chi connectivity index (χ0) is 39.9. The van der Waals surface area contributed by atoms with E-state index in [1.807, 2.05) is 0 Å². The Morgan fingerprint density at radius 2 is 0.589 bits per heavy atom. The van der Waals surface area contributed by atoms with Crippen LogP contribution in [0.2, 0.25) is 0 Å². The smallest absolute Gasteiger partial charge is 0.0413 e. The maximum absolute atomic E-state index is 3.87. The molecule has 0 aliphatic carbocycles. The lowest BCUT2D eigenvalue weighted by Gasteiger charge is -2.28. The van der Waals surface area contributed by atoms with Gasteiger partial charge in [-0.2, -0.15) is 0 Å². The number of fused-ring (bicyclic) bond motifs is 3. The number of hydrogen-bond donors (Lipinski definition) is 0. The monoisotopic (exact) mass is 726 g/mol. The van der Waals surface area contributed by atoms with Crippen LogP contribution in [0.25, 0.3) is 53.9 Å². The summed E-state index contributed by atoms with van der Waals surface area (Å²) < 4.78 is 0. The topological polar surface area (TPSA) is 0 Å². The van der Waals surface area contributed by atoms with Crippen molar-refractivity contribution in [1.29, 1.82) is 0 Å². The SMILES string of the molecule is CC(C)(C)c1cc2cc(C(C)(C)C)cc3c4c(C#Cc5ccccc5)c5cc(C(C)(C)C)cc6cc(C(C)(C)C)cc(c4c(C#Cc4ccccc4)c(c1)c23)c65. The van der Waals surface area contributed by atoms with E-state index in [-0.39, 0.29) is 21.7 Å². The lowest BCUT2D eigenvalue weighted by Crippen LogP contribution is -2.14. The third-order valence-corrected chi connectivity index (χ3v) is 11.6. The first-order valence-corrected chi connectivity index (χ1v) is 20.2. The zero-order valence-electron chi connectivity index (χ0n) is 35.4. The van der Waals surface area contributed by atoms with Crippen LogP contribution in [0.5, 0.6) is 0 Å². The third kappa shape index (κ3) is 6.61. The molecule has 0 bridgehead atoms. The van der Waals surface area contributed by atoms with Gasteiger partial charge in [-0.25, -0.2) is 0 Å². The minimum absolute atomic E-state index is 0.0599. The first kappa shape index (κ1) is 37.4. The number of rotatable bonds is 0. The van der Waals surface area contributed by atoms with E-state index in [1.165, 1.54) is 76.1 Å². The van der Waals surface area contributed by atoms with Gasteiger partial charge in [0.25, 0.3) is 0 Å². The molecule has 0 radical (unpaired) electrons. The normalized spacial score (nSPS) is 12.7. The Labute approximate surface area is 334 Å². The summed E-state index contributed by atoms with van der Waals surface area (Å²) >= 11 is 0. The van der Waals surface area contributed by atoms with Crippen LogP contribution >= 0.6 is 0 Å². The molecule has 8 aromatic carbocycles. The summed E-state index contributed by atoms with van der Waals surface area (Å²) in [6.45, 7) is 27.9. The van der Waals surface area contributed by atoms with Crippen molar-refractivity contribution in [2.24, 2.45) is 0 Å². The van der Waals surface area contributed by atoms with Crippen molar-refractivity contribution in [2.75, 3.05) is 0 Å². The van der Waals surface area contributed by atoms with Crippen LogP contribution in [-0.4, -0.2) is 0 Å². The predicted octanol–water partition coefficient (Wildman–Crippen LogP) is 14.9. The fourth-order valence-corrected chi connectivity index (χ4v) is 8.18. The van der Waals surface area contributed by atoms with Gasteiger partial charge in [-0.1, -0.05) is 167 Å². The molecule has 0 amide bonds. The Morgan fingerprint density at radius 3 is 0.875 bits per heavy atom. The van der Waals surface area contributed by atoms with Crippen molar-refractivity contribution in [3.63, 3.8) is 0 Å². The van der Waals surface area contributed by atoms with Gasteiger partial charge in [0.05, 0.1) is 0 Å². The highest BCUT2D eigenvalue weighted by Crippen LogP contribution is 2.49. The van der Waals surface area contributed by atoms with Crippen molar-refractivity contribution in [2.45, 2.75) is 105 Å². The van der Waals surface area contributed by atoms with E-state index in [9.17, 15) is 0 Å². The number of benzene rings is 8. The maximum Gasteiger partial charge on any atom is 0.0413 e. The summed E-state index contributed by atoms with van der Waals surface area (Å²) in [4.78, 5) is 0. The van der Waals surface area contributed by atoms with Crippen molar-refractivity contribution >= 4 is 53.9 Å². The molecule has 0 unspecified atom stereocenters. The Balaban J connectivity index is 1.75. The van der Waals surface area contributed by atoms with Gasteiger partial charge in [-0.3, -0.25) is 0 Å². The van der Waals surface area contributed by atoms with Gasteiger partial charge in [0.2, 0.25) is 0 Å². The summed E-state index contributed by atoms with van der Waals surface area (Å²) in [5, 5.41) is 12.4. The largest absolute Gasteiger partial charge is 0.0622 e. The van der Waals surface area contributed by atoms with Gasteiger partial charge in [-0.05, 0) is 136 Å². The zero-order valence-corrected chi connectivity index (χ0v) is 35.4. The molecule has 0 atom stereocenters.